The van der Waals surface area contributed by atoms with Crippen molar-refractivity contribution in [3.05, 3.63) is 12.2 Å². The van der Waals surface area contributed by atoms with Gasteiger partial charge >= 0.3 is 0 Å². The van der Waals surface area contributed by atoms with E-state index in [0.717, 1.165) is 32.1 Å². The molecule has 148 valence electrons. The van der Waals surface area contributed by atoms with Gasteiger partial charge in [0.2, 0.25) is 0 Å². The zero-order valence-corrected chi connectivity index (χ0v) is 18.4. The molecule has 0 radical (unpaired) electrons. The summed E-state index contributed by atoms with van der Waals surface area (Å²) in [7, 11) is 0. The maximum atomic E-state index is 11.3. The number of allylic oxidation sites excluding steroid dienone is 2. The number of Topliss-reactive ketones (excluding diaryl/α,β-unsaturated/α-hetero) is 2. The fourth-order valence-electron chi connectivity index (χ4n) is 2.25. The van der Waals surface area contributed by atoms with E-state index in [2.05, 4.69) is 74.5 Å². The molecule has 25 heavy (non-hydrogen) atoms. The van der Waals surface area contributed by atoms with Crippen LogP contribution in [0.2, 0.25) is 0 Å². The summed E-state index contributed by atoms with van der Waals surface area (Å²) in [4.78, 5) is 22.5. The van der Waals surface area contributed by atoms with Crippen molar-refractivity contribution in [1.82, 2.24) is 0 Å². The molecule has 0 heterocycles. The molecule has 0 aliphatic heterocycles. The summed E-state index contributed by atoms with van der Waals surface area (Å²) in [5.41, 5.74) is 0.237. The van der Waals surface area contributed by atoms with Crippen LogP contribution in [0.4, 0.5) is 0 Å². The third-order valence-electron chi connectivity index (χ3n) is 3.48. The van der Waals surface area contributed by atoms with Crippen molar-refractivity contribution >= 4 is 11.6 Å². The largest absolute Gasteiger partial charge is 0.300 e. The van der Waals surface area contributed by atoms with Gasteiger partial charge in [-0.15, -0.1) is 0 Å². The first-order valence-electron chi connectivity index (χ1n) is 10.0. The fraction of sp³-hybridized carbons (Fsp3) is 0.826. The molecule has 0 spiro atoms. The second-order valence-corrected chi connectivity index (χ2v) is 9.51. The van der Waals surface area contributed by atoms with Gasteiger partial charge in [-0.25, -0.2) is 0 Å². The van der Waals surface area contributed by atoms with E-state index in [1.165, 1.54) is 0 Å². The summed E-state index contributed by atoms with van der Waals surface area (Å²) < 4.78 is 0. The van der Waals surface area contributed by atoms with E-state index in [0.29, 0.717) is 35.7 Å². The molecule has 0 aromatic carbocycles. The predicted molar refractivity (Wildman–Crippen MR) is 111 cm³/mol. The van der Waals surface area contributed by atoms with Crippen LogP contribution in [0.3, 0.4) is 0 Å². The normalized spacial score (nSPS) is 12.0. The SMILES string of the molecule is CC(C)CC(=O)CCC=CC(C)(C)C.CC(C)CCC(=O)CC(C)C. The van der Waals surface area contributed by atoms with Crippen LogP contribution in [0, 0.1) is 23.2 Å². The molecule has 0 N–H and O–H groups in total. The first kappa shape index (κ1) is 26.3. The van der Waals surface area contributed by atoms with E-state index in [9.17, 15) is 9.59 Å². The van der Waals surface area contributed by atoms with Crippen molar-refractivity contribution in [3.8, 4) is 0 Å². The van der Waals surface area contributed by atoms with Crippen LogP contribution in [-0.2, 0) is 9.59 Å². The van der Waals surface area contributed by atoms with Crippen molar-refractivity contribution in [2.24, 2.45) is 23.2 Å². The van der Waals surface area contributed by atoms with Crippen LogP contribution >= 0.6 is 0 Å². The average molecular weight is 353 g/mol. The summed E-state index contributed by atoms with van der Waals surface area (Å²) in [5.74, 6) is 2.49. The molecule has 2 nitrogen and oxygen atoms in total. The zero-order chi connectivity index (χ0) is 20.0. The molecule has 0 rings (SSSR count). The molecule has 0 fully saturated rings. The Morgan fingerprint density at radius 3 is 1.56 bits per heavy atom. The van der Waals surface area contributed by atoms with Gasteiger partial charge in [-0.1, -0.05) is 74.5 Å². The van der Waals surface area contributed by atoms with Crippen LogP contribution in [0.1, 0.15) is 101 Å². The first-order chi connectivity index (χ1) is 11.3. The Kier molecular flexibility index (Phi) is 15.0. The predicted octanol–water partition coefficient (Wildman–Crippen LogP) is 7.02. The molecule has 0 atom stereocenters. The number of hydrogen-bond donors (Lipinski definition) is 0. The molecule has 0 aromatic rings. The van der Waals surface area contributed by atoms with E-state index in [-0.39, 0.29) is 5.41 Å². The van der Waals surface area contributed by atoms with Gasteiger partial charge in [0.1, 0.15) is 11.6 Å². The number of rotatable bonds is 10. The molecular weight excluding hydrogens is 308 g/mol. The van der Waals surface area contributed by atoms with E-state index in [4.69, 9.17) is 0 Å². The molecule has 0 aliphatic rings. The molecule has 0 aromatic heterocycles. The maximum Gasteiger partial charge on any atom is 0.133 e. The standard InChI is InChI=1S/C13H24O.C10H20O/c1-11(2)10-12(14)8-6-7-9-13(3,4)5;1-8(2)5-6-10(11)7-9(3)4/h7,9,11H,6,8,10H2,1-5H3;8-9H,5-7H2,1-4H3. The van der Waals surface area contributed by atoms with E-state index in [1.54, 1.807) is 0 Å². The Morgan fingerprint density at radius 1 is 0.760 bits per heavy atom. The minimum absolute atomic E-state index is 0.237. The highest BCUT2D eigenvalue weighted by atomic mass is 16.1. The van der Waals surface area contributed by atoms with Crippen LogP contribution in [0.25, 0.3) is 0 Å². The fourth-order valence-corrected chi connectivity index (χ4v) is 2.25. The number of ketones is 2. The maximum absolute atomic E-state index is 11.3. The Hall–Kier alpha value is -0.920. The molecule has 0 unspecified atom stereocenters. The highest BCUT2D eigenvalue weighted by Gasteiger charge is 2.06. The third-order valence-corrected chi connectivity index (χ3v) is 3.48. The molecule has 0 bridgehead atoms. The van der Waals surface area contributed by atoms with Gasteiger partial charge in [-0.3, -0.25) is 9.59 Å². The summed E-state index contributed by atoms with van der Waals surface area (Å²) in [6.45, 7) is 19.2. The van der Waals surface area contributed by atoms with Crippen LogP contribution in [0.5, 0.6) is 0 Å². The van der Waals surface area contributed by atoms with Gasteiger partial charge in [0.15, 0.2) is 0 Å². The summed E-state index contributed by atoms with van der Waals surface area (Å²) in [6, 6.07) is 0. The van der Waals surface area contributed by atoms with Crippen LogP contribution in [-0.4, -0.2) is 11.6 Å². The zero-order valence-electron chi connectivity index (χ0n) is 18.4. The number of hydrogen-bond acceptors (Lipinski definition) is 2. The van der Waals surface area contributed by atoms with Crippen molar-refractivity contribution < 1.29 is 9.59 Å². The van der Waals surface area contributed by atoms with Gasteiger partial charge in [-0.05, 0) is 36.0 Å². The van der Waals surface area contributed by atoms with E-state index < -0.39 is 0 Å². The lowest BCUT2D eigenvalue weighted by Crippen LogP contribution is -2.03. The topological polar surface area (TPSA) is 34.1 Å². The van der Waals surface area contributed by atoms with Crippen LogP contribution in [0.15, 0.2) is 12.2 Å². The van der Waals surface area contributed by atoms with Gasteiger partial charge in [0, 0.05) is 25.7 Å². The molecule has 0 saturated heterocycles. The number of carbonyl (C=O) groups excluding carboxylic acids is 2. The highest BCUT2D eigenvalue weighted by molar-refractivity contribution is 5.78. The van der Waals surface area contributed by atoms with Gasteiger partial charge in [0.05, 0.1) is 0 Å². The third kappa shape index (κ3) is 25.4. The van der Waals surface area contributed by atoms with Gasteiger partial charge in [0.25, 0.3) is 0 Å². The number of carbonyl (C=O) groups is 2. The first-order valence-corrected chi connectivity index (χ1v) is 10.0. The lowest BCUT2D eigenvalue weighted by molar-refractivity contribution is -0.120. The molecule has 0 amide bonds. The summed E-state index contributed by atoms with van der Waals surface area (Å²) in [6.07, 6.45) is 9.19. The summed E-state index contributed by atoms with van der Waals surface area (Å²) in [5, 5.41) is 0. The minimum Gasteiger partial charge on any atom is -0.300 e. The average Bonchev–Trinajstić information content (AvgIpc) is 2.39. The molecule has 0 aliphatic carbocycles. The quantitative estimate of drug-likeness (QED) is 0.396. The van der Waals surface area contributed by atoms with Crippen LogP contribution < -0.4 is 0 Å². The van der Waals surface area contributed by atoms with Crippen molar-refractivity contribution in [3.63, 3.8) is 0 Å². The van der Waals surface area contributed by atoms with Crippen molar-refractivity contribution in [2.75, 3.05) is 0 Å². The minimum atomic E-state index is 0.237. The van der Waals surface area contributed by atoms with E-state index in [1.807, 2.05) is 0 Å². The lowest BCUT2D eigenvalue weighted by atomic mass is 9.95. The Balaban J connectivity index is 0. The Morgan fingerprint density at radius 2 is 1.20 bits per heavy atom. The lowest BCUT2D eigenvalue weighted by Gasteiger charge is -2.10. The van der Waals surface area contributed by atoms with Gasteiger partial charge < -0.3 is 0 Å². The molecular formula is C23H44O2. The van der Waals surface area contributed by atoms with E-state index >= 15 is 0 Å². The van der Waals surface area contributed by atoms with Gasteiger partial charge in [-0.2, -0.15) is 0 Å². The van der Waals surface area contributed by atoms with Crippen molar-refractivity contribution in [2.45, 2.75) is 101 Å². The molecule has 2 heteroatoms. The Bertz CT molecular complexity index is 381. The Labute approximate surface area is 157 Å². The molecule has 0 saturated carbocycles. The highest BCUT2D eigenvalue weighted by Crippen LogP contribution is 2.15. The monoisotopic (exact) mass is 352 g/mol. The smallest absolute Gasteiger partial charge is 0.133 e. The summed E-state index contributed by atoms with van der Waals surface area (Å²) >= 11 is 0. The van der Waals surface area contributed by atoms with Crippen molar-refractivity contribution in [1.29, 1.82) is 0 Å². The second-order valence-electron chi connectivity index (χ2n) is 9.51. The second kappa shape index (κ2) is 14.3.